The maximum absolute atomic E-state index is 2.46. The summed E-state index contributed by atoms with van der Waals surface area (Å²) in [5, 5.41) is 6.27. The lowest BCUT2D eigenvalue weighted by molar-refractivity contribution is 1.40. The molecule has 0 amide bonds. The Kier molecular flexibility index (Phi) is 4.47. The molecule has 0 spiro atoms. The van der Waals surface area contributed by atoms with E-state index in [1.165, 1.54) is 10.6 Å². The van der Waals surface area contributed by atoms with Gasteiger partial charge in [0, 0.05) is 0 Å². The molecule has 112 valence electrons. The van der Waals surface area contributed by atoms with Crippen molar-refractivity contribution in [3.8, 4) is 0 Å². The van der Waals surface area contributed by atoms with Crippen molar-refractivity contribution in [1.29, 1.82) is 0 Å². The van der Waals surface area contributed by atoms with Crippen LogP contribution in [0.5, 0.6) is 0 Å². The Morgan fingerprint density at radius 2 is 1.27 bits per heavy atom. The number of allylic oxidation sites excluding steroid dienone is 4. The largest absolute Gasteiger partial charge is 0.0802 e. The second-order valence-corrected chi connectivity index (χ2v) is 14.0. The highest BCUT2D eigenvalue weighted by molar-refractivity contribution is 7.77. The average molecular weight is 322 g/mol. The lowest BCUT2D eigenvalue weighted by Crippen LogP contribution is -2.24. The summed E-state index contributed by atoms with van der Waals surface area (Å²) in [6.07, 6.45) is 5.89. The molecular formula is C20H23PSi. The molecule has 1 aliphatic carbocycles. The molecule has 0 aromatic heterocycles. The lowest BCUT2D eigenvalue weighted by atomic mass is 10.4. The summed E-state index contributed by atoms with van der Waals surface area (Å²) in [6.45, 7) is 7.38. The van der Waals surface area contributed by atoms with E-state index in [0.717, 1.165) is 6.42 Å². The third kappa shape index (κ3) is 3.16. The van der Waals surface area contributed by atoms with E-state index in [1.54, 1.807) is 10.5 Å². The van der Waals surface area contributed by atoms with Crippen LogP contribution >= 0.6 is 7.92 Å². The van der Waals surface area contributed by atoms with Crippen molar-refractivity contribution in [2.75, 3.05) is 0 Å². The maximum Gasteiger partial charge on any atom is 0.0780 e. The van der Waals surface area contributed by atoms with Crippen LogP contribution in [-0.2, 0) is 0 Å². The minimum Gasteiger partial charge on any atom is -0.0802 e. The Morgan fingerprint density at radius 1 is 0.773 bits per heavy atom. The van der Waals surface area contributed by atoms with Crippen LogP contribution in [0, 0.1) is 0 Å². The SMILES string of the molecule is C[Si](C)(C)C1=C(P(c2ccccc2)c2ccccc2)CC=C1. The monoisotopic (exact) mass is 322 g/mol. The standard InChI is InChI=1S/C20H23PSi/c1-22(2,3)20-16-10-15-19(20)21(17-11-6-4-7-12-17)18-13-8-5-9-14-18/h4-14,16H,15H2,1-3H3. The third-order valence-electron chi connectivity index (χ3n) is 4.01. The molecule has 0 nitrogen and oxygen atoms in total. The second-order valence-electron chi connectivity index (χ2n) is 6.72. The van der Waals surface area contributed by atoms with Gasteiger partial charge in [-0.3, -0.25) is 0 Å². The topological polar surface area (TPSA) is 0 Å². The van der Waals surface area contributed by atoms with Crippen molar-refractivity contribution >= 4 is 26.6 Å². The average Bonchev–Trinajstić information content (AvgIpc) is 2.99. The van der Waals surface area contributed by atoms with Crippen molar-refractivity contribution in [2.24, 2.45) is 0 Å². The normalized spacial score (nSPS) is 14.9. The zero-order chi connectivity index (χ0) is 15.6. The summed E-state index contributed by atoms with van der Waals surface area (Å²) in [5.41, 5.74) is 0. The van der Waals surface area contributed by atoms with Gasteiger partial charge < -0.3 is 0 Å². The van der Waals surface area contributed by atoms with Gasteiger partial charge in [-0.05, 0) is 30.3 Å². The molecule has 0 atom stereocenters. The van der Waals surface area contributed by atoms with Gasteiger partial charge in [0.05, 0.1) is 8.07 Å². The van der Waals surface area contributed by atoms with E-state index in [-0.39, 0.29) is 0 Å². The smallest absolute Gasteiger partial charge is 0.0780 e. The molecule has 2 aromatic rings. The Labute approximate surface area is 136 Å². The minimum atomic E-state index is -1.31. The third-order valence-corrected chi connectivity index (χ3v) is 8.90. The van der Waals surface area contributed by atoms with Crippen LogP contribution in [0.2, 0.25) is 19.6 Å². The molecule has 0 heterocycles. The van der Waals surface area contributed by atoms with Gasteiger partial charge >= 0.3 is 0 Å². The van der Waals surface area contributed by atoms with Crippen LogP contribution in [0.4, 0.5) is 0 Å². The fourth-order valence-corrected chi connectivity index (χ4v) is 8.40. The molecule has 3 rings (SSSR count). The predicted octanol–water partition coefficient (Wildman–Crippen LogP) is 5.21. The molecule has 0 bridgehead atoms. The Balaban J connectivity index is 2.15. The Morgan fingerprint density at radius 3 is 1.73 bits per heavy atom. The van der Waals surface area contributed by atoms with Crippen LogP contribution in [0.25, 0.3) is 0 Å². The van der Waals surface area contributed by atoms with Crippen LogP contribution in [-0.4, -0.2) is 8.07 Å². The number of hydrogen-bond donors (Lipinski definition) is 0. The molecule has 0 N–H and O–H groups in total. The summed E-state index contributed by atoms with van der Waals surface area (Å²) < 4.78 is 0. The summed E-state index contributed by atoms with van der Waals surface area (Å²) in [6, 6.07) is 22.1. The van der Waals surface area contributed by atoms with E-state index in [4.69, 9.17) is 0 Å². The van der Waals surface area contributed by atoms with E-state index in [9.17, 15) is 0 Å². The van der Waals surface area contributed by atoms with E-state index in [0.29, 0.717) is 0 Å². The van der Waals surface area contributed by atoms with Gasteiger partial charge in [0.15, 0.2) is 0 Å². The quantitative estimate of drug-likeness (QED) is 0.535. The van der Waals surface area contributed by atoms with Gasteiger partial charge in [0.2, 0.25) is 0 Å². The summed E-state index contributed by atoms with van der Waals surface area (Å²) in [5.74, 6) is 0. The summed E-state index contributed by atoms with van der Waals surface area (Å²) in [7, 11) is -1.71. The summed E-state index contributed by atoms with van der Waals surface area (Å²) in [4.78, 5) is 0. The summed E-state index contributed by atoms with van der Waals surface area (Å²) >= 11 is 0. The van der Waals surface area contributed by atoms with Crippen molar-refractivity contribution in [3.63, 3.8) is 0 Å². The van der Waals surface area contributed by atoms with Gasteiger partial charge in [0.25, 0.3) is 0 Å². The molecule has 0 aliphatic heterocycles. The minimum absolute atomic E-state index is 0.404. The van der Waals surface area contributed by atoms with Crippen molar-refractivity contribution in [1.82, 2.24) is 0 Å². The number of rotatable bonds is 4. The van der Waals surface area contributed by atoms with Crippen molar-refractivity contribution in [2.45, 2.75) is 26.1 Å². The molecule has 0 unspecified atom stereocenters. The fourth-order valence-electron chi connectivity index (χ4n) is 3.00. The molecule has 2 aromatic carbocycles. The first-order valence-electron chi connectivity index (χ1n) is 7.88. The second kappa shape index (κ2) is 6.36. The zero-order valence-corrected chi connectivity index (χ0v) is 15.5. The van der Waals surface area contributed by atoms with Crippen LogP contribution in [0.15, 0.2) is 83.3 Å². The van der Waals surface area contributed by atoms with Gasteiger partial charge in [-0.1, -0.05) is 97.7 Å². The Bertz CT molecular complexity index is 654. The van der Waals surface area contributed by atoms with Gasteiger partial charge in [-0.2, -0.15) is 0 Å². The molecule has 0 radical (unpaired) electrons. The van der Waals surface area contributed by atoms with E-state index in [1.807, 2.05) is 0 Å². The van der Waals surface area contributed by atoms with Crippen molar-refractivity contribution < 1.29 is 0 Å². The first-order valence-corrected chi connectivity index (χ1v) is 12.7. The van der Waals surface area contributed by atoms with Crippen LogP contribution < -0.4 is 10.6 Å². The van der Waals surface area contributed by atoms with Gasteiger partial charge in [-0.25, -0.2) is 0 Å². The molecule has 0 saturated carbocycles. The molecular weight excluding hydrogens is 299 g/mol. The fraction of sp³-hybridized carbons (Fsp3) is 0.200. The zero-order valence-electron chi connectivity index (χ0n) is 13.6. The highest BCUT2D eigenvalue weighted by atomic mass is 31.1. The molecule has 1 aliphatic rings. The first kappa shape index (κ1) is 15.5. The van der Waals surface area contributed by atoms with Gasteiger partial charge in [-0.15, -0.1) is 0 Å². The van der Waals surface area contributed by atoms with Crippen molar-refractivity contribution in [3.05, 3.63) is 83.3 Å². The molecule has 0 fully saturated rings. The number of hydrogen-bond acceptors (Lipinski definition) is 0. The van der Waals surface area contributed by atoms with E-state index in [2.05, 4.69) is 92.5 Å². The van der Waals surface area contributed by atoms with E-state index >= 15 is 0 Å². The first-order chi connectivity index (χ1) is 10.6. The van der Waals surface area contributed by atoms with Gasteiger partial charge in [0.1, 0.15) is 0 Å². The Hall–Kier alpha value is -1.43. The predicted molar refractivity (Wildman–Crippen MR) is 103 cm³/mol. The highest BCUT2D eigenvalue weighted by Gasteiger charge is 2.29. The number of benzene rings is 2. The molecule has 2 heteroatoms. The lowest BCUT2D eigenvalue weighted by Gasteiger charge is -2.26. The molecule has 0 saturated heterocycles. The highest BCUT2D eigenvalue weighted by Crippen LogP contribution is 2.50. The molecule has 22 heavy (non-hydrogen) atoms. The van der Waals surface area contributed by atoms with Crippen LogP contribution in [0.3, 0.4) is 0 Å². The van der Waals surface area contributed by atoms with Crippen LogP contribution in [0.1, 0.15) is 6.42 Å². The maximum atomic E-state index is 2.46. The van der Waals surface area contributed by atoms with E-state index < -0.39 is 16.0 Å².